The third kappa shape index (κ3) is 3.42. The molecule has 1 aromatic heterocycles. The van der Waals surface area contributed by atoms with Crippen molar-refractivity contribution >= 4 is 26.7 Å². The van der Waals surface area contributed by atoms with E-state index in [9.17, 15) is 13.2 Å². The van der Waals surface area contributed by atoms with Crippen LogP contribution in [0.25, 0.3) is 10.9 Å². The fourth-order valence-corrected chi connectivity index (χ4v) is 6.99. The first-order chi connectivity index (χ1) is 14.7. The van der Waals surface area contributed by atoms with Crippen molar-refractivity contribution < 1.29 is 13.2 Å². The molecule has 3 aromatic rings. The Morgan fingerprint density at radius 2 is 1.84 bits per heavy atom. The fourth-order valence-electron chi connectivity index (χ4n) is 5.26. The molecule has 0 saturated carbocycles. The average Bonchev–Trinajstić information content (AvgIpc) is 3.32. The minimum Gasteiger partial charge on any atom is -0.358 e. The zero-order valence-corrected chi connectivity index (χ0v) is 19.1. The first kappa shape index (κ1) is 20.5. The number of benzene rings is 2. The quantitative estimate of drug-likeness (QED) is 0.641. The Labute approximate surface area is 183 Å². The van der Waals surface area contributed by atoms with Crippen LogP contribution in [0.4, 0.5) is 0 Å². The van der Waals surface area contributed by atoms with Gasteiger partial charge in [-0.05, 0) is 54.4 Å². The van der Waals surface area contributed by atoms with Gasteiger partial charge in [0.25, 0.3) is 0 Å². The van der Waals surface area contributed by atoms with Crippen molar-refractivity contribution in [2.75, 3.05) is 13.1 Å². The number of hydrogen-bond acceptors (Lipinski definition) is 3. The molecule has 1 fully saturated rings. The maximum Gasteiger partial charge on any atom is 0.243 e. The number of carbonyl (C=O) groups excluding carboxylic acids is 1. The molecule has 0 radical (unpaired) electrons. The molecule has 2 heterocycles. The maximum absolute atomic E-state index is 13.5. The van der Waals surface area contributed by atoms with E-state index in [1.807, 2.05) is 31.2 Å². The number of ketones is 1. The molecule has 0 spiro atoms. The molecule has 6 heteroatoms. The molecule has 162 valence electrons. The SMILES string of the molecule is Cc1cc2c3c([nH]c2cc1S(=O)(=O)N1CC[C@H](c2ccccc2)C1)CC(C)(C)CC3=O. The maximum atomic E-state index is 13.5. The molecule has 31 heavy (non-hydrogen) atoms. The van der Waals surface area contributed by atoms with Gasteiger partial charge in [0.15, 0.2) is 5.78 Å². The van der Waals surface area contributed by atoms with Gasteiger partial charge < -0.3 is 4.98 Å². The Kier molecular flexibility index (Phi) is 4.65. The summed E-state index contributed by atoms with van der Waals surface area (Å²) in [5.74, 6) is 0.357. The van der Waals surface area contributed by atoms with Crippen molar-refractivity contribution in [2.45, 2.75) is 50.8 Å². The Morgan fingerprint density at radius 3 is 2.58 bits per heavy atom. The first-order valence-corrected chi connectivity index (χ1v) is 12.3. The Bertz CT molecular complexity index is 1290. The number of H-pyrrole nitrogens is 1. The highest BCUT2D eigenvalue weighted by atomic mass is 32.2. The number of aromatic nitrogens is 1. The second-order valence-corrected chi connectivity index (χ2v) is 11.7. The molecule has 1 atom stereocenters. The standard InChI is InChI=1S/C25H28N2O3S/c1-16-11-19-20(26-21-13-25(2,3)14-22(28)24(19)21)12-23(16)31(29,30)27-10-9-18(15-27)17-7-5-4-6-8-17/h4-8,11-12,18,26H,9-10,13-15H2,1-3H3/t18-/m0/s1. The van der Waals surface area contributed by atoms with Crippen LogP contribution in [-0.4, -0.2) is 36.6 Å². The third-order valence-electron chi connectivity index (χ3n) is 6.78. The predicted octanol–water partition coefficient (Wildman–Crippen LogP) is 4.81. The Balaban J connectivity index is 1.52. The molecule has 5 nitrogen and oxygen atoms in total. The molecular formula is C25H28N2O3S. The first-order valence-electron chi connectivity index (χ1n) is 10.9. The summed E-state index contributed by atoms with van der Waals surface area (Å²) in [6.07, 6.45) is 2.13. The van der Waals surface area contributed by atoms with Crippen LogP contribution >= 0.6 is 0 Å². The van der Waals surface area contributed by atoms with Crippen molar-refractivity contribution in [3.8, 4) is 0 Å². The number of nitrogens with one attached hydrogen (secondary N) is 1. The minimum atomic E-state index is -3.61. The van der Waals surface area contributed by atoms with Crippen LogP contribution in [0.3, 0.4) is 0 Å². The zero-order valence-electron chi connectivity index (χ0n) is 18.2. The lowest BCUT2D eigenvalue weighted by molar-refractivity contribution is 0.0913. The van der Waals surface area contributed by atoms with Gasteiger partial charge >= 0.3 is 0 Å². The van der Waals surface area contributed by atoms with Gasteiger partial charge in [-0.25, -0.2) is 8.42 Å². The van der Waals surface area contributed by atoms with E-state index < -0.39 is 10.0 Å². The van der Waals surface area contributed by atoms with Gasteiger partial charge in [-0.15, -0.1) is 0 Å². The van der Waals surface area contributed by atoms with Crippen LogP contribution in [-0.2, 0) is 16.4 Å². The number of rotatable bonds is 3. The molecule has 2 aliphatic rings. The number of nitrogens with zero attached hydrogens (tertiary/aromatic N) is 1. The van der Waals surface area contributed by atoms with Crippen LogP contribution in [0.1, 0.15) is 59.8 Å². The summed E-state index contributed by atoms with van der Waals surface area (Å²) in [4.78, 5) is 16.5. The lowest BCUT2D eigenvalue weighted by Crippen LogP contribution is -2.29. The third-order valence-corrected chi connectivity index (χ3v) is 8.79. The van der Waals surface area contributed by atoms with Crippen molar-refractivity contribution in [1.82, 2.24) is 9.29 Å². The topological polar surface area (TPSA) is 70.2 Å². The molecule has 5 rings (SSSR count). The molecule has 1 aliphatic heterocycles. The molecule has 0 amide bonds. The summed E-state index contributed by atoms with van der Waals surface area (Å²) >= 11 is 0. The number of fused-ring (bicyclic) bond motifs is 3. The monoisotopic (exact) mass is 436 g/mol. The second kappa shape index (κ2) is 7.04. The lowest BCUT2D eigenvalue weighted by atomic mass is 9.76. The van der Waals surface area contributed by atoms with Gasteiger partial charge in [0.05, 0.1) is 4.90 Å². The van der Waals surface area contributed by atoms with Crippen molar-refractivity contribution in [2.24, 2.45) is 5.41 Å². The zero-order chi connectivity index (χ0) is 22.0. The summed E-state index contributed by atoms with van der Waals surface area (Å²) in [6.45, 7) is 7.03. The van der Waals surface area contributed by atoms with Crippen molar-refractivity contribution in [3.63, 3.8) is 0 Å². The van der Waals surface area contributed by atoms with Gasteiger partial charge in [0.2, 0.25) is 10.0 Å². The molecule has 1 N–H and O–H groups in total. The van der Waals surface area contributed by atoms with E-state index in [-0.39, 0.29) is 17.1 Å². The molecule has 0 bridgehead atoms. The van der Waals surface area contributed by atoms with E-state index in [1.54, 1.807) is 10.4 Å². The smallest absolute Gasteiger partial charge is 0.243 e. The molecule has 0 unspecified atom stereocenters. The molecule has 2 aromatic carbocycles. The van der Waals surface area contributed by atoms with Gasteiger partial charge in [-0.3, -0.25) is 4.79 Å². The van der Waals surface area contributed by atoms with Crippen LogP contribution in [0.2, 0.25) is 0 Å². The predicted molar refractivity (Wildman–Crippen MR) is 122 cm³/mol. The lowest BCUT2D eigenvalue weighted by Gasteiger charge is -2.28. The summed E-state index contributed by atoms with van der Waals surface area (Å²) in [6, 6.07) is 13.7. The number of carbonyl (C=O) groups is 1. The molecule has 1 saturated heterocycles. The normalized spacial score (nSPS) is 21.5. The van der Waals surface area contributed by atoms with E-state index in [4.69, 9.17) is 0 Å². The van der Waals surface area contributed by atoms with E-state index in [0.717, 1.165) is 35.0 Å². The number of sulfonamides is 1. The number of Topliss-reactive ketones (excluding diaryl/α,β-unsaturated/α-hetero) is 1. The highest BCUT2D eigenvalue weighted by Crippen LogP contribution is 2.40. The van der Waals surface area contributed by atoms with Crippen molar-refractivity contribution in [1.29, 1.82) is 0 Å². The largest absolute Gasteiger partial charge is 0.358 e. The van der Waals surface area contributed by atoms with Crippen molar-refractivity contribution in [3.05, 3.63) is 64.8 Å². The number of aryl methyl sites for hydroxylation is 1. The van der Waals surface area contributed by atoms with Crippen LogP contribution in [0, 0.1) is 12.3 Å². The molecule has 1 aliphatic carbocycles. The van der Waals surface area contributed by atoms with Crippen LogP contribution in [0.5, 0.6) is 0 Å². The van der Waals surface area contributed by atoms with E-state index in [2.05, 4.69) is 31.0 Å². The second-order valence-electron chi connectivity index (χ2n) is 9.84. The van der Waals surface area contributed by atoms with Gasteiger partial charge in [0.1, 0.15) is 0 Å². The highest BCUT2D eigenvalue weighted by molar-refractivity contribution is 7.89. The van der Waals surface area contributed by atoms with E-state index >= 15 is 0 Å². The van der Waals surface area contributed by atoms with E-state index in [1.165, 1.54) is 5.56 Å². The average molecular weight is 437 g/mol. The summed E-state index contributed by atoms with van der Waals surface area (Å²) in [7, 11) is -3.61. The fraction of sp³-hybridized carbons (Fsp3) is 0.400. The van der Waals surface area contributed by atoms with Crippen LogP contribution in [0.15, 0.2) is 47.4 Å². The number of hydrogen-bond donors (Lipinski definition) is 1. The van der Waals surface area contributed by atoms with Gasteiger partial charge in [-0.1, -0.05) is 44.2 Å². The summed E-state index contributed by atoms with van der Waals surface area (Å²) in [5, 5.41) is 0.843. The van der Waals surface area contributed by atoms with Gasteiger partial charge in [0, 0.05) is 41.7 Å². The van der Waals surface area contributed by atoms with E-state index in [0.29, 0.717) is 30.0 Å². The van der Waals surface area contributed by atoms with Crippen LogP contribution < -0.4 is 0 Å². The Hall–Kier alpha value is -2.44. The highest BCUT2D eigenvalue weighted by Gasteiger charge is 2.36. The number of aromatic amines is 1. The summed E-state index contributed by atoms with van der Waals surface area (Å²) < 4.78 is 28.7. The van der Waals surface area contributed by atoms with Gasteiger partial charge in [-0.2, -0.15) is 4.31 Å². The Morgan fingerprint density at radius 1 is 1.10 bits per heavy atom. The summed E-state index contributed by atoms with van der Waals surface area (Å²) in [5.41, 5.74) is 4.19. The minimum absolute atomic E-state index is 0.0864. The molecular weight excluding hydrogens is 408 g/mol.